The van der Waals surface area contributed by atoms with E-state index in [-0.39, 0.29) is 18.2 Å². The van der Waals surface area contributed by atoms with Crippen LogP contribution >= 0.6 is 22.9 Å². The van der Waals surface area contributed by atoms with E-state index in [1.807, 2.05) is 30.3 Å². The molecule has 0 saturated heterocycles. The Morgan fingerprint density at radius 3 is 2.67 bits per heavy atom. The Labute approximate surface area is 149 Å². The summed E-state index contributed by atoms with van der Waals surface area (Å²) in [7, 11) is 1.72. The van der Waals surface area contributed by atoms with Crippen molar-refractivity contribution in [2.24, 2.45) is 5.10 Å². The number of amides is 2. The molecule has 2 heterocycles. The number of thiophene rings is 1. The number of hydrazone groups is 1. The average Bonchev–Trinajstić information content (AvgIpc) is 3.00. The van der Waals surface area contributed by atoms with Crippen molar-refractivity contribution in [2.75, 3.05) is 12.1 Å². The molecule has 0 atom stereocenters. The Bertz CT molecular complexity index is 788. The fraction of sp³-hybridized carbons (Fsp3) is 0.235. The molecule has 1 aliphatic rings. The van der Waals surface area contributed by atoms with Crippen molar-refractivity contribution in [1.29, 1.82) is 0 Å². The Hall–Kier alpha value is -2.18. The number of carbonyl (C=O) groups excluding carboxylic acids is 2. The highest BCUT2D eigenvalue weighted by molar-refractivity contribution is 7.16. The molecular weight excluding hydrogens is 346 g/mol. The standard InChI is InChI=1S/C17H16ClN3O2S/c1-20(11-13-7-9-15(18)24-13)17(23)14-8-10-16(22)21(19-14)12-5-3-2-4-6-12/h2-7,9H,8,10-11H2,1H3. The maximum absolute atomic E-state index is 12.6. The van der Waals surface area contributed by atoms with Crippen molar-refractivity contribution >= 4 is 46.2 Å². The van der Waals surface area contributed by atoms with E-state index in [1.165, 1.54) is 16.3 Å². The zero-order valence-electron chi connectivity index (χ0n) is 13.1. The van der Waals surface area contributed by atoms with E-state index in [4.69, 9.17) is 11.6 Å². The van der Waals surface area contributed by atoms with Crippen molar-refractivity contribution in [3.63, 3.8) is 0 Å². The van der Waals surface area contributed by atoms with Gasteiger partial charge in [0.1, 0.15) is 5.71 Å². The number of benzene rings is 1. The summed E-state index contributed by atoms with van der Waals surface area (Å²) in [6.45, 7) is 0.467. The Kier molecular flexibility index (Phi) is 4.97. The van der Waals surface area contributed by atoms with Crippen LogP contribution in [0.3, 0.4) is 0 Å². The lowest BCUT2D eigenvalue weighted by Gasteiger charge is -2.25. The monoisotopic (exact) mass is 361 g/mol. The molecule has 0 aliphatic carbocycles. The number of carbonyl (C=O) groups is 2. The minimum absolute atomic E-state index is 0.106. The van der Waals surface area contributed by atoms with Crippen molar-refractivity contribution in [2.45, 2.75) is 19.4 Å². The SMILES string of the molecule is CN(Cc1ccc(Cl)s1)C(=O)C1=NN(c2ccccc2)C(=O)CC1. The highest BCUT2D eigenvalue weighted by Gasteiger charge is 2.27. The molecule has 0 bridgehead atoms. The van der Waals surface area contributed by atoms with Gasteiger partial charge in [0.2, 0.25) is 5.91 Å². The minimum Gasteiger partial charge on any atom is -0.335 e. The summed E-state index contributed by atoms with van der Waals surface area (Å²) in [4.78, 5) is 27.3. The van der Waals surface area contributed by atoms with Crippen LogP contribution in [0.1, 0.15) is 17.7 Å². The summed E-state index contributed by atoms with van der Waals surface area (Å²) in [6, 6.07) is 12.8. The van der Waals surface area contributed by atoms with E-state index >= 15 is 0 Å². The summed E-state index contributed by atoms with van der Waals surface area (Å²) in [6.07, 6.45) is 0.634. The van der Waals surface area contributed by atoms with Crippen molar-refractivity contribution in [3.05, 3.63) is 51.7 Å². The van der Waals surface area contributed by atoms with Crippen LogP contribution in [-0.4, -0.2) is 29.5 Å². The number of anilines is 1. The third kappa shape index (κ3) is 3.66. The molecule has 0 unspecified atom stereocenters. The molecule has 0 saturated carbocycles. The first-order chi connectivity index (χ1) is 11.5. The van der Waals surface area contributed by atoms with Gasteiger partial charge < -0.3 is 4.90 Å². The van der Waals surface area contributed by atoms with Crippen LogP contribution in [0.5, 0.6) is 0 Å². The number of hydrogen-bond donors (Lipinski definition) is 0. The number of para-hydroxylation sites is 1. The van der Waals surface area contributed by atoms with E-state index in [0.29, 0.717) is 28.7 Å². The Morgan fingerprint density at radius 1 is 1.25 bits per heavy atom. The molecule has 1 aromatic carbocycles. The molecule has 2 amide bonds. The highest BCUT2D eigenvalue weighted by Crippen LogP contribution is 2.23. The Balaban J connectivity index is 1.77. The number of halogens is 1. The van der Waals surface area contributed by atoms with Crippen molar-refractivity contribution in [3.8, 4) is 0 Å². The molecule has 24 heavy (non-hydrogen) atoms. The molecule has 3 rings (SSSR count). The van der Waals surface area contributed by atoms with Gasteiger partial charge in [-0.3, -0.25) is 9.59 Å². The normalized spacial score (nSPS) is 14.5. The topological polar surface area (TPSA) is 53.0 Å². The summed E-state index contributed by atoms with van der Waals surface area (Å²) < 4.78 is 0.696. The van der Waals surface area contributed by atoms with Crippen molar-refractivity contribution in [1.82, 2.24) is 4.90 Å². The largest absolute Gasteiger partial charge is 0.335 e. The second kappa shape index (κ2) is 7.15. The first-order valence-corrected chi connectivity index (χ1v) is 8.69. The molecule has 7 heteroatoms. The van der Waals surface area contributed by atoms with Crippen LogP contribution in [0.4, 0.5) is 5.69 Å². The Morgan fingerprint density at radius 2 is 2.00 bits per heavy atom. The lowest BCUT2D eigenvalue weighted by Crippen LogP contribution is -2.39. The third-order valence-corrected chi connectivity index (χ3v) is 4.86. The molecule has 0 radical (unpaired) electrons. The third-order valence-electron chi connectivity index (χ3n) is 3.65. The number of rotatable bonds is 4. The number of hydrogen-bond acceptors (Lipinski definition) is 4. The molecule has 2 aromatic rings. The molecule has 124 valence electrons. The van der Waals surface area contributed by atoms with Gasteiger partial charge in [0.15, 0.2) is 0 Å². The predicted octanol–water partition coefficient (Wildman–Crippen LogP) is 3.54. The van der Waals surface area contributed by atoms with Gasteiger partial charge in [-0.15, -0.1) is 11.3 Å². The quantitative estimate of drug-likeness (QED) is 0.836. The lowest BCUT2D eigenvalue weighted by molar-refractivity contribution is -0.123. The highest BCUT2D eigenvalue weighted by atomic mass is 35.5. The fourth-order valence-corrected chi connectivity index (χ4v) is 3.58. The van der Waals surface area contributed by atoms with E-state index in [2.05, 4.69) is 5.10 Å². The first-order valence-electron chi connectivity index (χ1n) is 7.50. The molecule has 0 N–H and O–H groups in total. The van der Waals surface area contributed by atoms with E-state index in [1.54, 1.807) is 24.1 Å². The summed E-state index contributed by atoms with van der Waals surface area (Å²) in [5.41, 5.74) is 1.06. The zero-order valence-corrected chi connectivity index (χ0v) is 14.7. The zero-order chi connectivity index (χ0) is 17.1. The molecule has 1 aromatic heterocycles. The van der Waals surface area contributed by atoms with Gasteiger partial charge in [-0.05, 0) is 24.3 Å². The van der Waals surface area contributed by atoms with Crippen LogP contribution in [-0.2, 0) is 16.1 Å². The predicted molar refractivity (Wildman–Crippen MR) is 96.4 cm³/mol. The van der Waals surface area contributed by atoms with Gasteiger partial charge in [0.05, 0.1) is 16.6 Å². The van der Waals surface area contributed by atoms with E-state index in [0.717, 1.165) is 4.88 Å². The molecule has 0 spiro atoms. The van der Waals surface area contributed by atoms with Crippen LogP contribution in [0.15, 0.2) is 47.6 Å². The second-order valence-electron chi connectivity index (χ2n) is 5.45. The molecule has 5 nitrogen and oxygen atoms in total. The maximum Gasteiger partial charge on any atom is 0.270 e. The van der Waals surface area contributed by atoms with Crippen LogP contribution in [0, 0.1) is 0 Å². The maximum atomic E-state index is 12.6. The fourth-order valence-electron chi connectivity index (χ4n) is 2.44. The van der Waals surface area contributed by atoms with Crippen LogP contribution in [0.25, 0.3) is 0 Å². The van der Waals surface area contributed by atoms with Gasteiger partial charge in [-0.2, -0.15) is 5.10 Å². The lowest BCUT2D eigenvalue weighted by atomic mass is 10.1. The second-order valence-corrected chi connectivity index (χ2v) is 7.25. The van der Waals surface area contributed by atoms with Crippen LogP contribution in [0.2, 0.25) is 4.34 Å². The summed E-state index contributed by atoms with van der Waals surface area (Å²) in [5, 5.41) is 5.60. The molecule has 0 fully saturated rings. The number of nitrogens with zero attached hydrogens (tertiary/aromatic N) is 3. The summed E-state index contributed by atoms with van der Waals surface area (Å²) >= 11 is 7.37. The molecular formula is C17H16ClN3O2S. The first kappa shape index (κ1) is 16.7. The van der Waals surface area contributed by atoms with Gasteiger partial charge in [-0.25, -0.2) is 5.01 Å². The van der Waals surface area contributed by atoms with Gasteiger partial charge >= 0.3 is 0 Å². The average molecular weight is 362 g/mol. The van der Waals surface area contributed by atoms with E-state index in [9.17, 15) is 9.59 Å². The van der Waals surface area contributed by atoms with Gasteiger partial charge in [0, 0.05) is 24.8 Å². The minimum atomic E-state index is -0.173. The van der Waals surface area contributed by atoms with Gasteiger partial charge in [0.25, 0.3) is 5.91 Å². The molecule has 1 aliphatic heterocycles. The van der Waals surface area contributed by atoms with Gasteiger partial charge in [-0.1, -0.05) is 29.8 Å². The van der Waals surface area contributed by atoms with Crippen molar-refractivity contribution < 1.29 is 9.59 Å². The van der Waals surface area contributed by atoms with Crippen LogP contribution < -0.4 is 5.01 Å². The smallest absolute Gasteiger partial charge is 0.270 e. The summed E-state index contributed by atoms with van der Waals surface area (Å²) in [5.74, 6) is -0.279. The van der Waals surface area contributed by atoms with E-state index < -0.39 is 0 Å².